The largest absolute Gasteiger partial charge is 0.297 e. The number of rotatable bonds is 6. The average Bonchev–Trinajstić information content (AvgIpc) is 2.64. The molecule has 140 valence electrons. The van der Waals surface area contributed by atoms with Crippen molar-refractivity contribution in [3.05, 3.63) is 59.1 Å². The van der Waals surface area contributed by atoms with Crippen LogP contribution in [-0.2, 0) is 16.6 Å². The maximum Gasteiger partial charge on any atom is 0.240 e. The van der Waals surface area contributed by atoms with Crippen LogP contribution in [0.5, 0.6) is 0 Å². The topological polar surface area (TPSA) is 62.3 Å². The van der Waals surface area contributed by atoms with E-state index in [4.69, 9.17) is 11.6 Å². The zero-order valence-corrected chi connectivity index (χ0v) is 15.8. The van der Waals surface area contributed by atoms with Crippen molar-refractivity contribution in [1.29, 1.82) is 0 Å². The van der Waals surface area contributed by atoms with E-state index in [1.54, 1.807) is 6.20 Å². The Hall–Kier alpha value is -1.54. The fraction of sp³-hybridized carbons (Fsp3) is 0.389. The van der Waals surface area contributed by atoms with Crippen molar-refractivity contribution in [1.82, 2.24) is 14.6 Å². The number of pyridine rings is 1. The van der Waals surface area contributed by atoms with Crippen molar-refractivity contribution in [2.75, 3.05) is 19.6 Å². The lowest BCUT2D eigenvalue weighted by Crippen LogP contribution is -2.38. The molecule has 1 aromatic carbocycles. The Morgan fingerprint density at radius 3 is 2.65 bits per heavy atom. The molecule has 8 heteroatoms. The van der Waals surface area contributed by atoms with Gasteiger partial charge in [0, 0.05) is 19.3 Å². The standard InChI is InChI=1S/C18H21ClFN3O2S/c19-17-11-16(4-5-18(17)20)26(24,25)22-12-14-6-9-23(10-7-14)13-15-3-1-2-8-21-15/h1-5,8,11,14,22H,6-7,9-10,12-13H2. The average molecular weight is 398 g/mol. The lowest BCUT2D eigenvalue weighted by molar-refractivity contribution is 0.177. The zero-order chi connectivity index (χ0) is 18.6. The Morgan fingerprint density at radius 1 is 1.23 bits per heavy atom. The van der Waals surface area contributed by atoms with Gasteiger partial charge in [0.15, 0.2) is 0 Å². The highest BCUT2D eigenvalue weighted by atomic mass is 35.5. The maximum atomic E-state index is 13.2. The molecule has 1 aromatic heterocycles. The molecule has 0 amide bonds. The van der Waals surface area contributed by atoms with Crippen LogP contribution in [0.1, 0.15) is 18.5 Å². The summed E-state index contributed by atoms with van der Waals surface area (Å²) in [5, 5.41) is -0.198. The number of likely N-dealkylation sites (tertiary alicyclic amines) is 1. The first kappa shape index (κ1) is 19.2. The molecule has 0 radical (unpaired) electrons. The Balaban J connectivity index is 1.49. The molecule has 1 N–H and O–H groups in total. The van der Waals surface area contributed by atoms with Crippen molar-refractivity contribution in [3.63, 3.8) is 0 Å². The van der Waals surface area contributed by atoms with E-state index in [-0.39, 0.29) is 15.8 Å². The van der Waals surface area contributed by atoms with E-state index in [0.717, 1.165) is 50.3 Å². The van der Waals surface area contributed by atoms with Gasteiger partial charge < -0.3 is 0 Å². The van der Waals surface area contributed by atoms with Gasteiger partial charge >= 0.3 is 0 Å². The first-order chi connectivity index (χ1) is 12.4. The molecule has 0 saturated carbocycles. The van der Waals surface area contributed by atoms with Crippen molar-refractivity contribution < 1.29 is 12.8 Å². The van der Waals surface area contributed by atoms with Crippen LogP contribution >= 0.6 is 11.6 Å². The molecule has 1 saturated heterocycles. The molecule has 3 rings (SSSR count). The van der Waals surface area contributed by atoms with Gasteiger partial charge in [-0.15, -0.1) is 0 Å². The second kappa shape index (κ2) is 8.43. The SMILES string of the molecule is O=S(=O)(NCC1CCN(Cc2ccccn2)CC1)c1ccc(F)c(Cl)c1. The number of aromatic nitrogens is 1. The fourth-order valence-corrected chi connectivity index (χ4v) is 4.41. The fourth-order valence-electron chi connectivity index (χ4n) is 3.02. The van der Waals surface area contributed by atoms with Gasteiger partial charge in [-0.1, -0.05) is 17.7 Å². The van der Waals surface area contributed by atoms with Crippen LogP contribution in [0.3, 0.4) is 0 Å². The monoisotopic (exact) mass is 397 g/mol. The molecular formula is C18H21ClFN3O2S. The Kier molecular flexibility index (Phi) is 6.24. The number of piperidine rings is 1. The van der Waals surface area contributed by atoms with Crippen LogP contribution in [0.2, 0.25) is 5.02 Å². The molecule has 0 aliphatic carbocycles. The molecule has 1 aliphatic heterocycles. The van der Waals surface area contributed by atoms with Crippen LogP contribution in [0.15, 0.2) is 47.5 Å². The van der Waals surface area contributed by atoms with E-state index < -0.39 is 15.8 Å². The molecule has 0 bridgehead atoms. The third-order valence-electron chi connectivity index (χ3n) is 4.58. The summed E-state index contributed by atoms with van der Waals surface area (Å²) >= 11 is 5.67. The van der Waals surface area contributed by atoms with E-state index in [0.29, 0.717) is 6.54 Å². The molecule has 0 unspecified atom stereocenters. The number of hydrogen-bond donors (Lipinski definition) is 1. The van der Waals surface area contributed by atoms with Crippen molar-refractivity contribution in [2.45, 2.75) is 24.3 Å². The summed E-state index contributed by atoms with van der Waals surface area (Å²) < 4.78 is 40.5. The van der Waals surface area contributed by atoms with Crippen LogP contribution in [0.25, 0.3) is 0 Å². The molecule has 1 aliphatic rings. The molecule has 5 nitrogen and oxygen atoms in total. The summed E-state index contributed by atoms with van der Waals surface area (Å²) in [6.07, 6.45) is 3.62. The second-order valence-electron chi connectivity index (χ2n) is 6.47. The van der Waals surface area contributed by atoms with E-state index >= 15 is 0 Å². The quantitative estimate of drug-likeness (QED) is 0.813. The summed E-state index contributed by atoms with van der Waals surface area (Å²) in [5.41, 5.74) is 1.04. The smallest absolute Gasteiger partial charge is 0.240 e. The van der Waals surface area contributed by atoms with Crippen LogP contribution in [-0.4, -0.2) is 37.9 Å². The number of hydrogen-bond acceptors (Lipinski definition) is 4. The minimum Gasteiger partial charge on any atom is -0.297 e. The predicted octanol–water partition coefficient (Wildman–Crippen LogP) is 3.06. The van der Waals surface area contributed by atoms with E-state index in [1.807, 2.05) is 18.2 Å². The summed E-state index contributed by atoms with van der Waals surface area (Å²) in [7, 11) is -3.69. The van der Waals surface area contributed by atoms with Crippen LogP contribution in [0.4, 0.5) is 4.39 Å². The number of nitrogens with one attached hydrogen (secondary N) is 1. The predicted molar refractivity (Wildman–Crippen MR) is 98.8 cm³/mol. The normalized spacial score (nSPS) is 16.7. The maximum absolute atomic E-state index is 13.2. The van der Waals surface area contributed by atoms with Gasteiger partial charge in [0.1, 0.15) is 5.82 Å². The number of benzene rings is 1. The van der Waals surface area contributed by atoms with Gasteiger partial charge in [-0.25, -0.2) is 17.5 Å². The summed E-state index contributed by atoms with van der Waals surface area (Å²) in [6.45, 7) is 3.00. The Labute approximate surface area is 158 Å². The van der Waals surface area contributed by atoms with Gasteiger partial charge in [-0.3, -0.25) is 9.88 Å². The van der Waals surface area contributed by atoms with E-state index in [2.05, 4.69) is 14.6 Å². The highest BCUT2D eigenvalue weighted by Crippen LogP contribution is 2.21. The van der Waals surface area contributed by atoms with Crippen LogP contribution in [0, 0.1) is 11.7 Å². The summed E-state index contributed by atoms with van der Waals surface area (Å²) in [5.74, 6) is -0.355. The molecule has 2 aromatic rings. The minimum atomic E-state index is -3.69. The molecule has 1 fully saturated rings. The van der Waals surface area contributed by atoms with E-state index in [9.17, 15) is 12.8 Å². The Bertz CT molecular complexity index is 841. The number of halogens is 2. The number of nitrogens with zero attached hydrogens (tertiary/aromatic N) is 2. The highest BCUT2D eigenvalue weighted by molar-refractivity contribution is 7.89. The van der Waals surface area contributed by atoms with Crippen LogP contribution < -0.4 is 4.72 Å². The van der Waals surface area contributed by atoms with Crippen molar-refractivity contribution in [2.24, 2.45) is 5.92 Å². The van der Waals surface area contributed by atoms with Gasteiger partial charge in [-0.2, -0.15) is 0 Å². The lowest BCUT2D eigenvalue weighted by Gasteiger charge is -2.31. The molecule has 26 heavy (non-hydrogen) atoms. The van der Waals surface area contributed by atoms with Gasteiger partial charge in [0.25, 0.3) is 0 Å². The van der Waals surface area contributed by atoms with Gasteiger partial charge in [0.2, 0.25) is 10.0 Å². The third kappa shape index (κ3) is 5.01. The van der Waals surface area contributed by atoms with E-state index in [1.165, 1.54) is 6.07 Å². The second-order valence-corrected chi connectivity index (χ2v) is 8.64. The molecule has 0 spiro atoms. The first-order valence-corrected chi connectivity index (χ1v) is 10.4. The van der Waals surface area contributed by atoms with Crippen molar-refractivity contribution >= 4 is 21.6 Å². The van der Waals surface area contributed by atoms with Gasteiger partial charge in [0.05, 0.1) is 15.6 Å². The number of sulfonamides is 1. The minimum absolute atomic E-state index is 0.0171. The summed E-state index contributed by atoms with van der Waals surface area (Å²) in [6, 6.07) is 9.30. The van der Waals surface area contributed by atoms with Gasteiger partial charge in [-0.05, 0) is 62.2 Å². The zero-order valence-electron chi connectivity index (χ0n) is 14.2. The molecular weight excluding hydrogens is 377 g/mol. The first-order valence-electron chi connectivity index (χ1n) is 8.51. The third-order valence-corrected chi connectivity index (χ3v) is 6.29. The summed E-state index contributed by atoms with van der Waals surface area (Å²) in [4.78, 5) is 6.65. The molecule has 2 heterocycles. The highest BCUT2D eigenvalue weighted by Gasteiger charge is 2.22. The Morgan fingerprint density at radius 2 is 2.00 bits per heavy atom. The van der Waals surface area contributed by atoms with Crippen molar-refractivity contribution in [3.8, 4) is 0 Å². The lowest BCUT2D eigenvalue weighted by atomic mass is 9.97. The molecule has 0 atom stereocenters.